The van der Waals surface area contributed by atoms with Crippen molar-refractivity contribution in [2.75, 3.05) is 0 Å². The number of benzene rings is 2. The van der Waals surface area contributed by atoms with Gasteiger partial charge >= 0.3 is 29.6 Å². The van der Waals surface area contributed by atoms with E-state index in [0.717, 1.165) is 5.39 Å². The van der Waals surface area contributed by atoms with Gasteiger partial charge in [-0.15, -0.1) is 0 Å². The van der Waals surface area contributed by atoms with Crippen molar-refractivity contribution in [3.8, 4) is 0 Å². The first-order valence-corrected chi connectivity index (χ1v) is 6.32. The molecular weight excluding hydrogens is 243 g/mol. The van der Waals surface area contributed by atoms with Crippen molar-refractivity contribution in [2.24, 2.45) is 0 Å². The van der Waals surface area contributed by atoms with Gasteiger partial charge in [-0.2, -0.15) is 0 Å². The fourth-order valence-electron chi connectivity index (χ4n) is 1.41. The second-order valence-electron chi connectivity index (χ2n) is 2.92. The van der Waals surface area contributed by atoms with E-state index in [1.54, 1.807) is 18.2 Å². The molecule has 0 bridgehead atoms. The summed E-state index contributed by atoms with van der Waals surface area (Å²) in [4.78, 5) is 0.164. The fourth-order valence-corrected chi connectivity index (χ4v) is 2.50. The zero-order chi connectivity index (χ0) is 10.2. The summed E-state index contributed by atoms with van der Waals surface area (Å²) in [5.74, 6) is 0. The molecule has 2 rings (SSSR count). The summed E-state index contributed by atoms with van der Waals surface area (Å²) in [6, 6.07) is 12.3. The third kappa shape index (κ3) is 2.74. The Morgan fingerprint density at radius 3 is 2.20 bits per heavy atom. The SMILES string of the molecule is O=S(=O)(Cl)c1cccc2ccccc12.[NaH]. The van der Waals surface area contributed by atoms with E-state index in [1.165, 1.54) is 6.07 Å². The van der Waals surface area contributed by atoms with E-state index in [0.29, 0.717) is 5.39 Å². The molecule has 0 aliphatic heterocycles. The summed E-state index contributed by atoms with van der Waals surface area (Å²) >= 11 is 0. The van der Waals surface area contributed by atoms with Gasteiger partial charge in [0, 0.05) is 16.1 Å². The Morgan fingerprint density at radius 1 is 0.933 bits per heavy atom. The van der Waals surface area contributed by atoms with E-state index in [2.05, 4.69) is 0 Å². The Bertz CT molecular complexity index is 575. The van der Waals surface area contributed by atoms with Gasteiger partial charge in [-0.25, -0.2) is 8.42 Å². The first kappa shape index (κ1) is 13.0. The zero-order valence-electron chi connectivity index (χ0n) is 7.14. The van der Waals surface area contributed by atoms with E-state index in [4.69, 9.17) is 10.7 Å². The van der Waals surface area contributed by atoms with Crippen LogP contribution in [0.1, 0.15) is 0 Å². The van der Waals surface area contributed by atoms with Crippen LogP contribution >= 0.6 is 10.7 Å². The van der Waals surface area contributed by atoms with Crippen molar-refractivity contribution in [1.29, 1.82) is 0 Å². The van der Waals surface area contributed by atoms with Gasteiger partial charge in [-0.3, -0.25) is 0 Å². The van der Waals surface area contributed by atoms with Crippen LogP contribution in [0.25, 0.3) is 10.8 Å². The molecule has 0 radical (unpaired) electrons. The Kier molecular flexibility index (Phi) is 4.20. The van der Waals surface area contributed by atoms with Crippen LogP contribution in [-0.2, 0) is 9.05 Å². The van der Waals surface area contributed by atoms with Gasteiger partial charge in [0.15, 0.2) is 0 Å². The molecule has 0 unspecified atom stereocenters. The summed E-state index contributed by atoms with van der Waals surface area (Å²) < 4.78 is 22.4. The van der Waals surface area contributed by atoms with Crippen molar-refractivity contribution < 1.29 is 8.42 Å². The topological polar surface area (TPSA) is 34.1 Å². The second-order valence-corrected chi connectivity index (χ2v) is 5.45. The van der Waals surface area contributed by atoms with Gasteiger partial charge < -0.3 is 0 Å². The molecule has 0 heterocycles. The van der Waals surface area contributed by atoms with Crippen molar-refractivity contribution in [3.63, 3.8) is 0 Å². The zero-order valence-corrected chi connectivity index (χ0v) is 8.72. The number of hydrogen-bond acceptors (Lipinski definition) is 2. The predicted molar refractivity (Wildman–Crippen MR) is 64.1 cm³/mol. The molecule has 0 atom stereocenters. The van der Waals surface area contributed by atoms with Crippen molar-refractivity contribution in [3.05, 3.63) is 42.5 Å². The van der Waals surface area contributed by atoms with Gasteiger partial charge in [0.05, 0.1) is 4.90 Å². The monoisotopic (exact) mass is 250 g/mol. The summed E-state index contributed by atoms with van der Waals surface area (Å²) in [5, 5.41) is 1.53. The quantitative estimate of drug-likeness (QED) is 0.574. The molecule has 15 heavy (non-hydrogen) atoms. The van der Waals surface area contributed by atoms with E-state index >= 15 is 0 Å². The molecule has 0 aliphatic rings. The minimum atomic E-state index is -3.66. The van der Waals surface area contributed by atoms with Gasteiger partial charge in [0.1, 0.15) is 0 Å². The molecule has 2 nitrogen and oxygen atoms in total. The average molecular weight is 251 g/mol. The molecule has 5 heteroatoms. The molecule has 0 spiro atoms. The molecule has 0 saturated heterocycles. The molecule has 74 valence electrons. The summed E-state index contributed by atoms with van der Waals surface area (Å²) in [7, 11) is 1.65. The summed E-state index contributed by atoms with van der Waals surface area (Å²) in [5.41, 5.74) is 0. The Labute approximate surface area is 115 Å². The molecule has 2 aromatic carbocycles. The third-order valence-corrected chi connectivity index (χ3v) is 3.39. The van der Waals surface area contributed by atoms with E-state index in [-0.39, 0.29) is 34.5 Å². The molecule has 0 saturated carbocycles. The van der Waals surface area contributed by atoms with Crippen LogP contribution in [0.3, 0.4) is 0 Å². The van der Waals surface area contributed by atoms with Crippen LogP contribution in [0.15, 0.2) is 47.4 Å². The van der Waals surface area contributed by atoms with Crippen molar-refractivity contribution in [2.45, 2.75) is 4.90 Å². The molecule has 0 fully saturated rings. The van der Waals surface area contributed by atoms with Crippen LogP contribution in [-0.4, -0.2) is 38.0 Å². The Hall–Kier alpha value is -0.0600. The van der Waals surface area contributed by atoms with E-state index < -0.39 is 9.05 Å². The van der Waals surface area contributed by atoms with Crippen molar-refractivity contribution in [1.82, 2.24) is 0 Å². The van der Waals surface area contributed by atoms with Gasteiger partial charge in [0.2, 0.25) is 0 Å². The molecule has 0 N–H and O–H groups in total. The molecule has 0 aromatic heterocycles. The van der Waals surface area contributed by atoms with E-state index in [1.807, 2.05) is 18.2 Å². The standard InChI is InChI=1S/C10H7ClO2S.Na.H/c11-14(12,13)10-7-3-5-8-4-1-2-6-9(8)10;;/h1-7H;;. The Morgan fingerprint density at radius 2 is 1.53 bits per heavy atom. The molecular formula is C10H8ClNaO2S. The first-order valence-electron chi connectivity index (χ1n) is 4.01. The minimum absolute atomic E-state index is 0. The van der Waals surface area contributed by atoms with E-state index in [9.17, 15) is 8.42 Å². The maximum absolute atomic E-state index is 11.2. The number of halogens is 1. The van der Waals surface area contributed by atoms with Gasteiger partial charge in [0.25, 0.3) is 9.05 Å². The van der Waals surface area contributed by atoms with Crippen LogP contribution in [0.2, 0.25) is 0 Å². The number of fused-ring (bicyclic) bond motifs is 1. The number of rotatable bonds is 1. The van der Waals surface area contributed by atoms with Crippen molar-refractivity contribution >= 4 is 60.1 Å². The fraction of sp³-hybridized carbons (Fsp3) is 0. The van der Waals surface area contributed by atoms with Gasteiger partial charge in [-0.05, 0) is 11.5 Å². The normalized spacial score (nSPS) is 11.0. The third-order valence-electron chi connectivity index (χ3n) is 2.01. The van der Waals surface area contributed by atoms with Crippen LogP contribution in [0, 0.1) is 0 Å². The average Bonchev–Trinajstić information content (AvgIpc) is 2.15. The molecule has 0 aliphatic carbocycles. The van der Waals surface area contributed by atoms with Gasteiger partial charge in [-0.1, -0.05) is 36.4 Å². The summed E-state index contributed by atoms with van der Waals surface area (Å²) in [6.45, 7) is 0. The second kappa shape index (κ2) is 4.85. The Balaban J connectivity index is 0.00000112. The number of hydrogen-bond donors (Lipinski definition) is 0. The van der Waals surface area contributed by atoms with Crippen LogP contribution in [0.5, 0.6) is 0 Å². The maximum atomic E-state index is 11.2. The first-order chi connectivity index (χ1) is 6.59. The molecule has 2 aromatic rings. The van der Waals surface area contributed by atoms with Crippen LogP contribution in [0.4, 0.5) is 0 Å². The summed E-state index contributed by atoms with van der Waals surface area (Å²) in [6.07, 6.45) is 0. The van der Waals surface area contributed by atoms with Crippen LogP contribution < -0.4 is 0 Å². The predicted octanol–water partition coefficient (Wildman–Crippen LogP) is 2.12. The molecule has 0 amide bonds.